The third kappa shape index (κ3) is 3.87. The maximum absolute atomic E-state index is 12.8. The van der Waals surface area contributed by atoms with Gasteiger partial charge in [0.1, 0.15) is 11.8 Å². The van der Waals surface area contributed by atoms with E-state index in [1.807, 2.05) is 36.4 Å². The highest BCUT2D eigenvalue weighted by Crippen LogP contribution is 2.18. The minimum atomic E-state index is -0.132. The van der Waals surface area contributed by atoms with Crippen LogP contribution in [0.5, 0.6) is 5.75 Å². The number of fused-ring (bicyclic) bond motifs is 1. The Morgan fingerprint density at radius 1 is 1.14 bits per heavy atom. The molecule has 2 aromatic carbocycles. The fourth-order valence-electron chi connectivity index (χ4n) is 4.10. The van der Waals surface area contributed by atoms with Crippen LogP contribution in [-0.4, -0.2) is 42.8 Å². The fraction of sp³-hybridized carbons (Fsp3) is 0.364. The summed E-state index contributed by atoms with van der Waals surface area (Å²) in [7, 11) is 1.68. The van der Waals surface area contributed by atoms with E-state index in [1.165, 1.54) is 29.7 Å². The van der Waals surface area contributed by atoms with Gasteiger partial charge < -0.3 is 15.0 Å². The lowest BCUT2D eigenvalue weighted by Gasteiger charge is -2.32. The highest BCUT2D eigenvalue weighted by molar-refractivity contribution is 6.04. The molecule has 3 aromatic rings. The predicted molar refractivity (Wildman–Crippen MR) is 109 cm³/mol. The van der Waals surface area contributed by atoms with Gasteiger partial charge in [-0.05, 0) is 49.6 Å². The first-order valence-electron chi connectivity index (χ1n) is 9.96. The number of nitrogens with zero attached hydrogens (tertiary/aromatic N) is 1. The fourth-order valence-corrected chi connectivity index (χ4v) is 4.10. The van der Waals surface area contributed by atoms with Crippen molar-refractivity contribution < 1.29 is 14.4 Å². The van der Waals surface area contributed by atoms with Gasteiger partial charge in [-0.15, -0.1) is 0 Å². The largest absolute Gasteiger partial charge is 0.497 e. The van der Waals surface area contributed by atoms with Gasteiger partial charge in [0.2, 0.25) is 0 Å². The van der Waals surface area contributed by atoms with Crippen LogP contribution in [0.4, 0.5) is 0 Å². The Balaban J connectivity index is 1.52. The number of nitrogens with one attached hydrogen (secondary N) is 3. The van der Waals surface area contributed by atoms with Crippen LogP contribution in [0.2, 0.25) is 0 Å². The number of carbonyl (C=O) groups excluding carboxylic acids is 1. The third-order valence-electron chi connectivity index (χ3n) is 5.66. The van der Waals surface area contributed by atoms with Gasteiger partial charge in [-0.1, -0.05) is 18.2 Å². The number of aromatic nitrogens is 2. The van der Waals surface area contributed by atoms with Gasteiger partial charge >= 0.3 is 0 Å². The number of amides is 1. The molecule has 1 amide bonds. The van der Waals surface area contributed by atoms with E-state index in [0.29, 0.717) is 12.2 Å². The smallest absolute Gasteiger partial charge is 0.272 e. The standard InChI is InChI=1S/C22H26N4O2/c1-28-17-11-9-16(10-12-17)20(26-13-5-2-6-14-26)15-23-22(27)21-18-7-3-4-8-19(18)24-25-21/h3-4,7-12,20H,2,5-6,13-15H2,1H3,(H,23,27)(H,24,25)/p+1/t20-/m1/s1. The molecule has 2 heterocycles. The van der Waals surface area contributed by atoms with Crippen molar-refractivity contribution in [1.82, 2.24) is 15.5 Å². The van der Waals surface area contributed by atoms with E-state index in [-0.39, 0.29) is 11.9 Å². The van der Waals surface area contributed by atoms with Gasteiger partial charge in [-0.3, -0.25) is 9.89 Å². The average Bonchev–Trinajstić information content (AvgIpc) is 3.19. The lowest BCUT2D eigenvalue weighted by molar-refractivity contribution is -0.935. The van der Waals surface area contributed by atoms with E-state index < -0.39 is 0 Å². The number of aromatic amines is 1. The molecular formula is C22H27N4O2+. The molecule has 0 aliphatic carbocycles. The summed E-state index contributed by atoms with van der Waals surface area (Å²) >= 11 is 0. The normalized spacial score (nSPS) is 16.0. The zero-order valence-corrected chi connectivity index (χ0v) is 16.2. The number of hydrogen-bond acceptors (Lipinski definition) is 3. The maximum Gasteiger partial charge on any atom is 0.272 e. The topological polar surface area (TPSA) is 71.4 Å². The highest BCUT2D eigenvalue weighted by atomic mass is 16.5. The van der Waals surface area contributed by atoms with E-state index in [4.69, 9.17) is 4.74 Å². The Morgan fingerprint density at radius 3 is 2.64 bits per heavy atom. The Labute approximate surface area is 164 Å². The number of quaternary nitrogens is 1. The van der Waals surface area contributed by atoms with Gasteiger partial charge in [-0.2, -0.15) is 5.10 Å². The summed E-state index contributed by atoms with van der Waals surface area (Å²) in [6.07, 6.45) is 3.77. The summed E-state index contributed by atoms with van der Waals surface area (Å²) in [5, 5.41) is 11.1. The highest BCUT2D eigenvalue weighted by Gasteiger charge is 2.27. The molecule has 1 atom stereocenters. The lowest BCUT2D eigenvalue weighted by atomic mass is 10.0. The molecule has 0 spiro atoms. The van der Waals surface area contributed by atoms with Crippen molar-refractivity contribution in [3.63, 3.8) is 0 Å². The van der Waals surface area contributed by atoms with Crippen molar-refractivity contribution in [3.8, 4) is 5.75 Å². The second-order valence-corrected chi connectivity index (χ2v) is 7.37. The summed E-state index contributed by atoms with van der Waals surface area (Å²) in [5.41, 5.74) is 2.56. The maximum atomic E-state index is 12.8. The second-order valence-electron chi connectivity index (χ2n) is 7.37. The number of carbonyl (C=O) groups is 1. The number of piperidine rings is 1. The van der Waals surface area contributed by atoms with Crippen LogP contribution >= 0.6 is 0 Å². The molecule has 146 valence electrons. The number of hydrogen-bond donors (Lipinski definition) is 3. The van der Waals surface area contributed by atoms with Gasteiger partial charge in [-0.25, -0.2) is 0 Å². The predicted octanol–water partition coefficient (Wildman–Crippen LogP) is 2.11. The quantitative estimate of drug-likeness (QED) is 0.614. The molecule has 6 nitrogen and oxygen atoms in total. The van der Waals surface area contributed by atoms with Crippen LogP contribution in [-0.2, 0) is 0 Å². The summed E-state index contributed by atoms with van der Waals surface area (Å²) in [5.74, 6) is 0.718. The zero-order chi connectivity index (χ0) is 19.3. The molecule has 0 unspecified atom stereocenters. The molecule has 1 aliphatic heterocycles. The van der Waals surface area contributed by atoms with Crippen molar-refractivity contribution in [2.24, 2.45) is 0 Å². The Kier molecular flexibility index (Phi) is 5.58. The molecule has 1 aromatic heterocycles. The SMILES string of the molecule is COc1ccc([C@@H](CNC(=O)c2n[nH]c3ccccc23)[NH+]2CCCCC2)cc1. The van der Waals surface area contributed by atoms with E-state index in [9.17, 15) is 4.79 Å². The number of rotatable bonds is 6. The van der Waals surface area contributed by atoms with Crippen LogP contribution in [0.3, 0.4) is 0 Å². The third-order valence-corrected chi connectivity index (χ3v) is 5.66. The molecule has 4 rings (SSSR count). The first-order chi connectivity index (χ1) is 13.8. The number of ether oxygens (including phenoxy) is 1. The summed E-state index contributed by atoms with van der Waals surface area (Å²) < 4.78 is 5.29. The van der Waals surface area contributed by atoms with Crippen LogP contribution in [0.25, 0.3) is 10.9 Å². The summed E-state index contributed by atoms with van der Waals surface area (Å²) in [4.78, 5) is 14.3. The van der Waals surface area contributed by atoms with Gasteiger partial charge in [0.25, 0.3) is 5.91 Å². The van der Waals surface area contributed by atoms with Crippen LogP contribution < -0.4 is 15.0 Å². The number of likely N-dealkylation sites (tertiary alicyclic amines) is 1. The monoisotopic (exact) mass is 379 g/mol. The Bertz CT molecular complexity index is 929. The lowest BCUT2D eigenvalue weighted by Crippen LogP contribution is -3.13. The molecule has 6 heteroatoms. The summed E-state index contributed by atoms with van der Waals surface area (Å²) in [6, 6.07) is 16.1. The van der Waals surface area contributed by atoms with Gasteiger partial charge in [0.15, 0.2) is 5.69 Å². The number of H-pyrrole nitrogens is 1. The molecule has 1 aliphatic rings. The first-order valence-corrected chi connectivity index (χ1v) is 9.96. The number of para-hydroxylation sites is 1. The minimum absolute atomic E-state index is 0.132. The zero-order valence-electron chi connectivity index (χ0n) is 16.2. The first kappa shape index (κ1) is 18.5. The van der Waals surface area contributed by atoms with Gasteiger partial charge in [0, 0.05) is 10.9 Å². The average molecular weight is 379 g/mol. The van der Waals surface area contributed by atoms with Gasteiger partial charge in [0.05, 0.1) is 32.3 Å². The van der Waals surface area contributed by atoms with Crippen molar-refractivity contribution in [1.29, 1.82) is 0 Å². The van der Waals surface area contributed by atoms with Crippen molar-refractivity contribution >= 4 is 16.8 Å². The Hall–Kier alpha value is -2.86. The van der Waals surface area contributed by atoms with E-state index in [0.717, 1.165) is 29.7 Å². The molecule has 0 radical (unpaired) electrons. The van der Waals surface area contributed by atoms with Crippen LogP contribution in [0.15, 0.2) is 48.5 Å². The Morgan fingerprint density at radius 2 is 1.89 bits per heavy atom. The number of methoxy groups -OCH3 is 1. The molecule has 1 saturated heterocycles. The van der Waals surface area contributed by atoms with Crippen molar-refractivity contribution in [3.05, 3.63) is 59.8 Å². The van der Waals surface area contributed by atoms with Crippen molar-refractivity contribution in [2.75, 3.05) is 26.7 Å². The molecule has 28 heavy (non-hydrogen) atoms. The molecule has 0 saturated carbocycles. The van der Waals surface area contributed by atoms with E-state index >= 15 is 0 Å². The van der Waals surface area contributed by atoms with E-state index in [2.05, 4.69) is 27.6 Å². The molecule has 0 bridgehead atoms. The molecular weight excluding hydrogens is 352 g/mol. The van der Waals surface area contributed by atoms with Crippen LogP contribution in [0, 0.1) is 0 Å². The van der Waals surface area contributed by atoms with Crippen molar-refractivity contribution in [2.45, 2.75) is 25.3 Å². The minimum Gasteiger partial charge on any atom is -0.497 e. The molecule has 3 N–H and O–H groups in total. The molecule has 1 fully saturated rings. The van der Waals surface area contributed by atoms with Crippen LogP contribution in [0.1, 0.15) is 41.4 Å². The second kappa shape index (κ2) is 8.44. The number of benzene rings is 2. The van der Waals surface area contributed by atoms with E-state index in [1.54, 1.807) is 7.11 Å². The summed E-state index contributed by atoms with van der Waals surface area (Å²) in [6.45, 7) is 2.86.